The van der Waals surface area contributed by atoms with Crippen LogP contribution in [-0.2, 0) is 6.18 Å². The van der Waals surface area contributed by atoms with Crippen molar-refractivity contribution in [2.45, 2.75) is 20.0 Å². The maximum Gasteiger partial charge on any atom is 0.416 e. The molecular weight excluding hydrogens is 441 g/mol. The Morgan fingerprint density at radius 3 is 2.38 bits per heavy atom. The lowest BCUT2D eigenvalue weighted by molar-refractivity contribution is -0.137. The Morgan fingerprint density at radius 2 is 1.72 bits per heavy atom. The Kier molecular flexibility index (Phi) is 6.00. The number of benzene rings is 1. The third kappa shape index (κ3) is 4.98. The van der Waals surface area contributed by atoms with Crippen molar-refractivity contribution < 1.29 is 18.0 Å². The molecule has 0 unspecified atom stereocenters. The van der Waals surface area contributed by atoms with Crippen molar-refractivity contribution in [3.63, 3.8) is 0 Å². The summed E-state index contributed by atoms with van der Waals surface area (Å²) in [6.45, 7) is 5.42. The number of thiazole rings is 1. The number of carbonyl (C=O) groups excluding carboxylic acids is 1. The maximum absolute atomic E-state index is 13.0. The number of alkyl halides is 3. The number of piperazine rings is 1. The lowest BCUT2D eigenvalue weighted by Crippen LogP contribution is -2.48. The van der Waals surface area contributed by atoms with Crippen LogP contribution in [0.2, 0.25) is 0 Å². The van der Waals surface area contributed by atoms with E-state index in [-0.39, 0.29) is 5.91 Å². The standard InChI is InChI=1S/C21H21F3N6OS/c1-13-10-14(2)26-19(25-13)28-20-27-17(12-32-20)18(31)30-8-6-29(7-9-30)16-5-3-4-15(11-16)21(22,23)24/h3-5,10-12H,6-9H2,1-2H3,(H,25,26,27,28). The molecule has 0 bridgehead atoms. The molecule has 1 aliphatic rings. The van der Waals surface area contributed by atoms with Gasteiger partial charge in [-0.1, -0.05) is 6.07 Å². The Morgan fingerprint density at radius 1 is 1.03 bits per heavy atom. The van der Waals surface area contributed by atoms with Gasteiger partial charge in [0.1, 0.15) is 5.69 Å². The van der Waals surface area contributed by atoms with Gasteiger partial charge in [0.25, 0.3) is 5.91 Å². The minimum atomic E-state index is -4.38. The van der Waals surface area contributed by atoms with Crippen LogP contribution in [0.4, 0.5) is 29.9 Å². The van der Waals surface area contributed by atoms with E-state index in [1.807, 2.05) is 24.8 Å². The normalized spacial score (nSPS) is 14.5. The topological polar surface area (TPSA) is 74.2 Å². The first-order valence-corrected chi connectivity index (χ1v) is 10.8. The summed E-state index contributed by atoms with van der Waals surface area (Å²) in [4.78, 5) is 29.3. The molecule has 0 saturated carbocycles. The van der Waals surface area contributed by atoms with Crippen molar-refractivity contribution in [1.29, 1.82) is 0 Å². The molecule has 1 N–H and O–H groups in total. The summed E-state index contributed by atoms with van der Waals surface area (Å²) in [5.74, 6) is 0.213. The molecule has 7 nitrogen and oxygen atoms in total. The first-order valence-electron chi connectivity index (χ1n) is 9.95. The minimum Gasteiger partial charge on any atom is -0.368 e. The fourth-order valence-electron chi connectivity index (χ4n) is 3.52. The van der Waals surface area contributed by atoms with Crippen molar-refractivity contribution in [3.8, 4) is 0 Å². The van der Waals surface area contributed by atoms with E-state index in [1.54, 1.807) is 16.3 Å². The third-order valence-corrected chi connectivity index (χ3v) is 5.79. The van der Waals surface area contributed by atoms with Gasteiger partial charge in [-0.3, -0.25) is 4.79 Å². The molecule has 3 aromatic rings. The van der Waals surface area contributed by atoms with E-state index < -0.39 is 11.7 Å². The van der Waals surface area contributed by atoms with Crippen LogP contribution < -0.4 is 10.2 Å². The maximum atomic E-state index is 13.0. The Balaban J connectivity index is 1.38. The molecule has 1 fully saturated rings. The van der Waals surface area contributed by atoms with Crippen LogP contribution in [-0.4, -0.2) is 51.9 Å². The first-order chi connectivity index (χ1) is 15.2. The smallest absolute Gasteiger partial charge is 0.368 e. The number of aryl methyl sites for hydroxylation is 2. The molecular formula is C21H21F3N6OS. The highest BCUT2D eigenvalue weighted by molar-refractivity contribution is 7.14. The fraction of sp³-hybridized carbons (Fsp3) is 0.333. The summed E-state index contributed by atoms with van der Waals surface area (Å²) >= 11 is 1.28. The molecule has 1 aromatic carbocycles. The molecule has 1 amide bonds. The number of amides is 1. The molecule has 168 valence electrons. The second kappa shape index (κ2) is 8.73. The van der Waals surface area contributed by atoms with Gasteiger partial charge in [-0.15, -0.1) is 11.3 Å². The number of hydrogen-bond donors (Lipinski definition) is 1. The molecule has 11 heteroatoms. The Labute approximate surface area is 186 Å². The lowest BCUT2D eigenvalue weighted by atomic mass is 10.1. The average molecular weight is 463 g/mol. The van der Waals surface area contributed by atoms with E-state index >= 15 is 0 Å². The van der Waals surface area contributed by atoms with E-state index in [1.165, 1.54) is 17.4 Å². The molecule has 1 saturated heterocycles. The SMILES string of the molecule is Cc1cc(C)nc(Nc2nc(C(=O)N3CCN(c4cccc(C(F)(F)F)c4)CC3)cs2)n1. The van der Waals surface area contributed by atoms with Gasteiger partial charge in [0.15, 0.2) is 5.13 Å². The number of rotatable bonds is 4. The largest absolute Gasteiger partial charge is 0.416 e. The number of halogens is 3. The monoisotopic (exact) mass is 462 g/mol. The van der Waals surface area contributed by atoms with Crippen LogP contribution in [0.5, 0.6) is 0 Å². The van der Waals surface area contributed by atoms with Crippen LogP contribution in [0.25, 0.3) is 0 Å². The number of carbonyl (C=O) groups is 1. The van der Waals surface area contributed by atoms with Gasteiger partial charge in [0.05, 0.1) is 5.56 Å². The van der Waals surface area contributed by atoms with Crippen molar-refractivity contribution in [2.75, 3.05) is 36.4 Å². The second-order valence-corrected chi connectivity index (χ2v) is 8.32. The summed E-state index contributed by atoms with van der Waals surface area (Å²) in [5, 5.41) is 5.21. The van der Waals surface area contributed by atoms with E-state index in [0.717, 1.165) is 23.5 Å². The highest BCUT2D eigenvalue weighted by atomic mass is 32.1. The first kappa shape index (κ1) is 22.0. The summed E-state index contributed by atoms with van der Waals surface area (Å²) in [5.41, 5.74) is 1.79. The van der Waals surface area contributed by atoms with Crippen LogP contribution in [0.3, 0.4) is 0 Å². The molecule has 0 atom stereocenters. The van der Waals surface area contributed by atoms with Gasteiger partial charge in [-0.25, -0.2) is 15.0 Å². The summed E-state index contributed by atoms with van der Waals surface area (Å²) in [6.07, 6.45) is -4.38. The van der Waals surface area contributed by atoms with Gasteiger partial charge in [-0.05, 0) is 38.1 Å². The van der Waals surface area contributed by atoms with Gasteiger partial charge in [0, 0.05) is 48.6 Å². The minimum absolute atomic E-state index is 0.209. The number of hydrogen-bond acceptors (Lipinski definition) is 7. The van der Waals surface area contributed by atoms with Crippen LogP contribution in [0, 0.1) is 13.8 Å². The van der Waals surface area contributed by atoms with Crippen LogP contribution in [0.15, 0.2) is 35.7 Å². The molecule has 32 heavy (non-hydrogen) atoms. The zero-order valence-corrected chi connectivity index (χ0v) is 18.3. The van der Waals surface area contributed by atoms with Crippen LogP contribution >= 0.6 is 11.3 Å². The van der Waals surface area contributed by atoms with E-state index in [9.17, 15) is 18.0 Å². The summed E-state index contributed by atoms with van der Waals surface area (Å²) in [7, 11) is 0. The van der Waals surface area contributed by atoms with Crippen molar-refractivity contribution in [1.82, 2.24) is 19.9 Å². The Hall–Kier alpha value is -3.21. The fourth-order valence-corrected chi connectivity index (χ4v) is 4.19. The van der Waals surface area contributed by atoms with Gasteiger partial charge >= 0.3 is 6.18 Å². The predicted molar refractivity (Wildman–Crippen MR) is 116 cm³/mol. The molecule has 0 spiro atoms. The van der Waals surface area contributed by atoms with Crippen LogP contribution in [0.1, 0.15) is 27.4 Å². The molecule has 0 radical (unpaired) electrons. The number of nitrogens with one attached hydrogen (secondary N) is 1. The van der Waals surface area contributed by atoms with Gasteiger partial charge in [0.2, 0.25) is 5.95 Å². The molecule has 1 aliphatic heterocycles. The van der Waals surface area contributed by atoms with E-state index in [4.69, 9.17) is 0 Å². The summed E-state index contributed by atoms with van der Waals surface area (Å²) < 4.78 is 38.9. The Bertz CT molecular complexity index is 1100. The highest BCUT2D eigenvalue weighted by Crippen LogP contribution is 2.32. The summed E-state index contributed by atoms with van der Waals surface area (Å²) in [6, 6.07) is 7.12. The van der Waals surface area contributed by atoms with Gasteiger partial charge < -0.3 is 15.1 Å². The van der Waals surface area contributed by atoms with Crippen molar-refractivity contribution in [3.05, 3.63) is 58.4 Å². The highest BCUT2D eigenvalue weighted by Gasteiger charge is 2.31. The molecule has 4 rings (SSSR count). The average Bonchev–Trinajstić information content (AvgIpc) is 3.20. The van der Waals surface area contributed by atoms with Gasteiger partial charge in [-0.2, -0.15) is 13.2 Å². The molecule has 3 heterocycles. The van der Waals surface area contributed by atoms with E-state index in [0.29, 0.717) is 48.6 Å². The third-order valence-electron chi connectivity index (χ3n) is 5.03. The number of aromatic nitrogens is 3. The van der Waals surface area contributed by atoms with Crippen molar-refractivity contribution >= 4 is 34.0 Å². The zero-order valence-electron chi connectivity index (χ0n) is 17.5. The number of anilines is 3. The van der Waals surface area contributed by atoms with E-state index in [2.05, 4.69) is 20.3 Å². The lowest BCUT2D eigenvalue weighted by Gasteiger charge is -2.36. The molecule has 0 aliphatic carbocycles. The molecule has 2 aromatic heterocycles. The second-order valence-electron chi connectivity index (χ2n) is 7.46. The predicted octanol–water partition coefficient (Wildman–Crippen LogP) is 4.27. The number of nitrogens with zero attached hydrogens (tertiary/aromatic N) is 5. The zero-order chi connectivity index (χ0) is 22.9. The van der Waals surface area contributed by atoms with Crippen molar-refractivity contribution in [2.24, 2.45) is 0 Å². The quantitative estimate of drug-likeness (QED) is 0.624.